The molecule has 3 heterocycles. The van der Waals surface area contributed by atoms with Gasteiger partial charge in [0.2, 0.25) is 5.95 Å². The second kappa shape index (κ2) is 15.3. The number of aromatic amines is 1. The van der Waals surface area contributed by atoms with Gasteiger partial charge in [-0.15, -0.1) is 0 Å². The van der Waals surface area contributed by atoms with Crippen LogP contribution in [0.3, 0.4) is 0 Å². The fourth-order valence-electron chi connectivity index (χ4n) is 2.80. The molecular weight excluding hydrogens is 466 g/mol. The summed E-state index contributed by atoms with van der Waals surface area (Å²) in [5.41, 5.74) is 3.54. The van der Waals surface area contributed by atoms with E-state index >= 15 is 0 Å². The van der Waals surface area contributed by atoms with Crippen molar-refractivity contribution in [3.63, 3.8) is 0 Å². The summed E-state index contributed by atoms with van der Waals surface area (Å²) < 4.78 is 5.70. The fourth-order valence-corrected chi connectivity index (χ4v) is 2.80. The van der Waals surface area contributed by atoms with Crippen LogP contribution in [-0.4, -0.2) is 26.5 Å². The van der Waals surface area contributed by atoms with Gasteiger partial charge in [0.1, 0.15) is 28.9 Å². The molecule has 0 amide bonds. The molecule has 3 N–H and O–H groups in total. The molecule has 37 heavy (non-hydrogen) atoms. The molecule has 0 aliphatic heterocycles. The predicted molar refractivity (Wildman–Crippen MR) is 147 cm³/mol. The first-order chi connectivity index (χ1) is 18.0. The summed E-state index contributed by atoms with van der Waals surface area (Å²) in [7, 11) is 0. The van der Waals surface area contributed by atoms with Gasteiger partial charge >= 0.3 is 0 Å². The van der Waals surface area contributed by atoms with E-state index in [0.29, 0.717) is 29.7 Å². The van der Waals surface area contributed by atoms with Crippen LogP contribution in [0.5, 0.6) is 11.5 Å². The smallest absolute Gasteiger partial charge is 0.275 e. The molecule has 0 atom stereocenters. The third kappa shape index (κ3) is 9.82. The van der Waals surface area contributed by atoms with Crippen molar-refractivity contribution in [1.82, 2.24) is 19.9 Å². The van der Waals surface area contributed by atoms with Crippen molar-refractivity contribution >= 4 is 17.3 Å². The molecule has 0 spiro atoms. The highest BCUT2D eigenvalue weighted by atomic mass is 16.5. The third-order valence-electron chi connectivity index (χ3n) is 4.62. The molecule has 0 aliphatic rings. The molecule has 4 rings (SSSR count). The molecule has 9 heteroatoms. The highest BCUT2D eigenvalue weighted by Crippen LogP contribution is 2.24. The van der Waals surface area contributed by atoms with Crippen LogP contribution in [0.2, 0.25) is 0 Å². The van der Waals surface area contributed by atoms with Gasteiger partial charge in [-0.2, -0.15) is 5.26 Å². The minimum Gasteiger partial charge on any atom is -0.457 e. The van der Waals surface area contributed by atoms with E-state index < -0.39 is 0 Å². The van der Waals surface area contributed by atoms with E-state index in [9.17, 15) is 4.79 Å². The number of anilines is 3. The molecule has 1 aromatic carbocycles. The molecule has 4 aromatic rings. The molecule has 0 saturated carbocycles. The Bertz CT molecular complexity index is 1310. The predicted octanol–water partition coefficient (Wildman–Crippen LogP) is 6.12. The van der Waals surface area contributed by atoms with Gasteiger partial charge in [-0.1, -0.05) is 26.8 Å². The summed E-state index contributed by atoms with van der Waals surface area (Å²) in [5, 5.41) is 14.9. The minimum atomic E-state index is -0.230. The fraction of sp³-hybridized carbons (Fsp3) is 0.250. The van der Waals surface area contributed by atoms with Crippen LogP contribution >= 0.6 is 0 Å². The summed E-state index contributed by atoms with van der Waals surface area (Å²) in [4.78, 5) is 26.9. The van der Waals surface area contributed by atoms with Crippen molar-refractivity contribution in [2.75, 3.05) is 17.2 Å². The van der Waals surface area contributed by atoms with E-state index in [1.165, 1.54) is 18.0 Å². The van der Waals surface area contributed by atoms with E-state index in [-0.39, 0.29) is 11.3 Å². The molecule has 0 fully saturated rings. The topological polar surface area (TPSA) is 129 Å². The van der Waals surface area contributed by atoms with Gasteiger partial charge in [0.25, 0.3) is 5.56 Å². The maximum absolute atomic E-state index is 12.0. The van der Waals surface area contributed by atoms with Crippen LogP contribution in [0, 0.1) is 25.2 Å². The van der Waals surface area contributed by atoms with Crippen LogP contribution in [0.15, 0.2) is 71.9 Å². The number of nitrogens with one attached hydrogen (secondary N) is 3. The Kier molecular flexibility index (Phi) is 11.8. The lowest BCUT2D eigenvalue weighted by Crippen LogP contribution is -2.16. The number of hydrogen-bond acceptors (Lipinski definition) is 8. The zero-order chi connectivity index (χ0) is 27.0. The molecule has 0 saturated heterocycles. The van der Waals surface area contributed by atoms with Crippen LogP contribution < -0.4 is 20.9 Å². The SMILES string of the molecule is CC.CCCNc1cnc(Nc2ccc(Oc3ccnc(C#N)c3)cc2)[nH]c1=O.Cc1ccc(C)nc1. The minimum absolute atomic E-state index is 0.230. The number of benzene rings is 1. The van der Waals surface area contributed by atoms with Crippen LogP contribution in [-0.2, 0) is 0 Å². The number of ether oxygens (including phenoxy) is 1. The number of H-pyrrole nitrogens is 1. The van der Waals surface area contributed by atoms with Gasteiger partial charge in [0.15, 0.2) is 0 Å². The average molecular weight is 500 g/mol. The summed E-state index contributed by atoms with van der Waals surface area (Å²) >= 11 is 0. The molecule has 3 aromatic heterocycles. The number of hydrogen-bond donors (Lipinski definition) is 3. The van der Waals surface area contributed by atoms with Crippen LogP contribution in [0.1, 0.15) is 44.1 Å². The number of nitriles is 1. The molecular formula is C28H33N7O2. The van der Waals surface area contributed by atoms with Crippen LogP contribution in [0.4, 0.5) is 17.3 Å². The Labute approximate surface area is 217 Å². The Hall–Kier alpha value is -4.71. The summed E-state index contributed by atoms with van der Waals surface area (Å²) in [6.07, 6.45) is 5.82. The maximum atomic E-state index is 12.0. The van der Waals surface area contributed by atoms with Gasteiger partial charge in [-0.05, 0) is 62.2 Å². The number of aryl methyl sites for hydroxylation is 2. The summed E-state index contributed by atoms with van der Waals surface area (Å²) in [6, 6.07) is 16.4. The molecule has 192 valence electrons. The first kappa shape index (κ1) is 28.5. The quantitative estimate of drug-likeness (QED) is 0.277. The number of nitrogens with zero attached hydrogens (tertiary/aromatic N) is 4. The standard InChI is InChI=1S/C19H18N6O2.C7H9N.C2H6/c1-2-8-22-17-12-23-19(25-18(17)26)24-13-3-5-15(6-4-13)27-16-7-9-21-14(10-16)11-20;1-6-3-4-7(2)8-5-6;1-2/h3-7,9-10,12,22H,2,8H2,1H3,(H2,23,24,25,26);3-5H,1-2H3;1-2H3. The number of pyridine rings is 2. The molecule has 0 bridgehead atoms. The monoisotopic (exact) mass is 499 g/mol. The van der Waals surface area contributed by atoms with Gasteiger partial charge in [-0.25, -0.2) is 9.97 Å². The van der Waals surface area contributed by atoms with E-state index in [0.717, 1.165) is 17.8 Å². The van der Waals surface area contributed by atoms with Crippen molar-refractivity contribution < 1.29 is 4.74 Å². The summed E-state index contributed by atoms with van der Waals surface area (Å²) in [6.45, 7) is 10.8. The lowest BCUT2D eigenvalue weighted by atomic mass is 10.3. The Morgan fingerprint density at radius 3 is 2.32 bits per heavy atom. The van der Waals surface area contributed by atoms with E-state index in [1.54, 1.807) is 36.4 Å². The first-order valence-corrected chi connectivity index (χ1v) is 12.1. The van der Waals surface area contributed by atoms with E-state index in [1.807, 2.05) is 53.0 Å². The molecule has 0 aliphatic carbocycles. The lowest BCUT2D eigenvalue weighted by molar-refractivity contribution is 0.482. The Morgan fingerprint density at radius 2 is 1.73 bits per heavy atom. The Morgan fingerprint density at radius 1 is 0.973 bits per heavy atom. The van der Waals surface area contributed by atoms with Gasteiger partial charge in [0, 0.05) is 36.4 Å². The zero-order valence-corrected chi connectivity index (χ0v) is 21.9. The molecule has 0 unspecified atom stereocenters. The highest BCUT2D eigenvalue weighted by Gasteiger charge is 2.04. The van der Waals surface area contributed by atoms with Crippen molar-refractivity contribution in [2.24, 2.45) is 0 Å². The second-order valence-electron chi connectivity index (χ2n) is 7.62. The molecule has 0 radical (unpaired) electrons. The zero-order valence-electron chi connectivity index (χ0n) is 21.9. The highest BCUT2D eigenvalue weighted by molar-refractivity contribution is 5.55. The largest absolute Gasteiger partial charge is 0.457 e. The summed E-state index contributed by atoms with van der Waals surface area (Å²) in [5.74, 6) is 1.49. The molecule has 9 nitrogen and oxygen atoms in total. The number of aromatic nitrogens is 4. The van der Waals surface area contributed by atoms with Crippen molar-refractivity contribution in [1.29, 1.82) is 5.26 Å². The first-order valence-electron chi connectivity index (χ1n) is 12.1. The van der Waals surface area contributed by atoms with Crippen molar-refractivity contribution in [3.05, 3.63) is 94.4 Å². The maximum Gasteiger partial charge on any atom is 0.275 e. The van der Waals surface area contributed by atoms with E-state index in [4.69, 9.17) is 10.00 Å². The average Bonchev–Trinajstić information content (AvgIpc) is 2.93. The van der Waals surface area contributed by atoms with Gasteiger partial charge in [0.05, 0.1) is 6.20 Å². The lowest BCUT2D eigenvalue weighted by Gasteiger charge is -2.09. The third-order valence-corrected chi connectivity index (χ3v) is 4.62. The van der Waals surface area contributed by atoms with E-state index in [2.05, 4.69) is 36.6 Å². The van der Waals surface area contributed by atoms with Gasteiger partial charge in [-0.3, -0.25) is 14.8 Å². The van der Waals surface area contributed by atoms with Crippen molar-refractivity contribution in [2.45, 2.75) is 41.0 Å². The van der Waals surface area contributed by atoms with Crippen molar-refractivity contribution in [3.8, 4) is 17.6 Å². The normalized spacial score (nSPS) is 9.51. The van der Waals surface area contributed by atoms with Gasteiger partial charge < -0.3 is 15.4 Å². The second-order valence-corrected chi connectivity index (χ2v) is 7.62. The Balaban J connectivity index is 0.000000406. The number of rotatable bonds is 7. The van der Waals surface area contributed by atoms with Crippen LogP contribution in [0.25, 0.3) is 0 Å².